The summed E-state index contributed by atoms with van der Waals surface area (Å²) in [5, 5.41) is 4.96. The van der Waals surface area contributed by atoms with Crippen LogP contribution in [0.2, 0.25) is 0 Å². The van der Waals surface area contributed by atoms with Gasteiger partial charge in [0.05, 0.1) is 10.7 Å². The Balaban J connectivity index is 1.56. The summed E-state index contributed by atoms with van der Waals surface area (Å²) in [7, 11) is 0. The average Bonchev–Trinajstić information content (AvgIpc) is 3.00. The smallest absolute Gasteiger partial charge is 0.0944 e. The highest BCUT2D eigenvalue weighted by Crippen LogP contribution is 2.42. The van der Waals surface area contributed by atoms with Gasteiger partial charge in [-0.2, -0.15) is 0 Å². The molecule has 3 rings (SSSR count). The average molecular weight is 308 g/mol. The Kier molecular flexibility index (Phi) is 5.30. The first-order valence-electron chi connectivity index (χ1n) is 8.64. The Morgan fingerprint density at radius 1 is 1.29 bits per heavy atom. The third-order valence-corrected chi connectivity index (χ3v) is 5.55. The molecule has 1 saturated heterocycles. The minimum Gasteiger partial charge on any atom is -0.312 e. The summed E-state index contributed by atoms with van der Waals surface area (Å²) in [6, 6.07) is 0. The number of aromatic nitrogens is 1. The summed E-state index contributed by atoms with van der Waals surface area (Å²) in [4.78, 5) is 9.08. The van der Waals surface area contributed by atoms with Crippen LogP contribution in [0.1, 0.15) is 61.0 Å². The molecular formula is C17H29N3S. The largest absolute Gasteiger partial charge is 0.312 e. The molecule has 0 amide bonds. The summed E-state index contributed by atoms with van der Waals surface area (Å²) in [5.41, 5.74) is 1.42. The van der Waals surface area contributed by atoms with E-state index in [2.05, 4.69) is 24.1 Å². The van der Waals surface area contributed by atoms with E-state index in [-0.39, 0.29) is 0 Å². The zero-order chi connectivity index (χ0) is 14.7. The van der Waals surface area contributed by atoms with E-state index in [1.807, 2.05) is 11.3 Å². The van der Waals surface area contributed by atoms with Gasteiger partial charge in [0.1, 0.15) is 0 Å². The molecule has 21 heavy (non-hydrogen) atoms. The topological polar surface area (TPSA) is 28.2 Å². The molecule has 118 valence electrons. The van der Waals surface area contributed by atoms with Crippen molar-refractivity contribution in [3.05, 3.63) is 15.6 Å². The summed E-state index contributed by atoms with van der Waals surface area (Å²) in [5.74, 6) is 1.49. The SMILES string of the molecule is CC(C)CNCc1sc(CCN2CCCC2)nc1C1CC1. The first-order valence-corrected chi connectivity index (χ1v) is 9.45. The zero-order valence-corrected chi connectivity index (χ0v) is 14.3. The van der Waals surface area contributed by atoms with E-state index in [1.165, 1.54) is 60.9 Å². The van der Waals surface area contributed by atoms with Gasteiger partial charge in [-0.05, 0) is 51.2 Å². The number of rotatable bonds is 8. The minimum absolute atomic E-state index is 0.719. The number of hydrogen-bond acceptors (Lipinski definition) is 4. The number of likely N-dealkylation sites (tertiary alicyclic amines) is 1. The molecule has 2 heterocycles. The molecule has 1 aliphatic heterocycles. The van der Waals surface area contributed by atoms with E-state index in [1.54, 1.807) is 0 Å². The van der Waals surface area contributed by atoms with E-state index >= 15 is 0 Å². The van der Waals surface area contributed by atoms with Gasteiger partial charge in [0.2, 0.25) is 0 Å². The highest BCUT2D eigenvalue weighted by Gasteiger charge is 2.29. The Morgan fingerprint density at radius 2 is 2.05 bits per heavy atom. The van der Waals surface area contributed by atoms with E-state index in [0.29, 0.717) is 0 Å². The van der Waals surface area contributed by atoms with Crippen LogP contribution in [0.3, 0.4) is 0 Å². The summed E-state index contributed by atoms with van der Waals surface area (Å²) in [6.07, 6.45) is 6.62. The molecule has 0 spiro atoms. The van der Waals surface area contributed by atoms with Gasteiger partial charge in [-0.3, -0.25) is 0 Å². The first kappa shape index (κ1) is 15.4. The van der Waals surface area contributed by atoms with Crippen molar-refractivity contribution in [1.29, 1.82) is 0 Å². The molecule has 2 aliphatic rings. The predicted octanol–water partition coefficient (Wildman–Crippen LogP) is 3.40. The third-order valence-electron chi connectivity index (χ3n) is 4.41. The van der Waals surface area contributed by atoms with Crippen LogP contribution in [-0.4, -0.2) is 36.1 Å². The molecule has 0 radical (unpaired) electrons. The van der Waals surface area contributed by atoms with Crippen LogP contribution in [0, 0.1) is 5.92 Å². The molecule has 0 atom stereocenters. The lowest BCUT2D eigenvalue weighted by Crippen LogP contribution is -2.21. The Hall–Kier alpha value is -0.450. The molecule has 1 aliphatic carbocycles. The van der Waals surface area contributed by atoms with Crippen LogP contribution in [-0.2, 0) is 13.0 Å². The third kappa shape index (κ3) is 4.51. The van der Waals surface area contributed by atoms with Crippen molar-refractivity contribution in [2.45, 2.75) is 58.4 Å². The molecule has 0 aromatic carbocycles. The maximum absolute atomic E-state index is 4.98. The van der Waals surface area contributed by atoms with E-state index < -0.39 is 0 Å². The van der Waals surface area contributed by atoms with Gasteiger partial charge in [-0.15, -0.1) is 11.3 Å². The molecule has 1 aromatic rings. The normalized spacial score (nSPS) is 19.8. The second-order valence-electron chi connectivity index (χ2n) is 7.01. The van der Waals surface area contributed by atoms with Gasteiger partial charge in [0.15, 0.2) is 0 Å². The van der Waals surface area contributed by atoms with Crippen molar-refractivity contribution < 1.29 is 0 Å². The molecule has 0 bridgehead atoms. The zero-order valence-electron chi connectivity index (χ0n) is 13.5. The second kappa shape index (κ2) is 7.21. The number of thiazole rings is 1. The van der Waals surface area contributed by atoms with E-state index in [0.717, 1.165) is 31.3 Å². The Morgan fingerprint density at radius 3 is 2.71 bits per heavy atom. The van der Waals surface area contributed by atoms with Crippen LogP contribution in [0.5, 0.6) is 0 Å². The lowest BCUT2D eigenvalue weighted by Gasteiger charge is -2.12. The minimum atomic E-state index is 0.719. The molecule has 2 fully saturated rings. The van der Waals surface area contributed by atoms with Gasteiger partial charge in [-0.1, -0.05) is 13.8 Å². The van der Waals surface area contributed by atoms with Crippen LogP contribution in [0.25, 0.3) is 0 Å². The molecule has 1 aromatic heterocycles. The van der Waals surface area contributed by atoms with E-state index in [9.17, 15) is 0 Å². The first-order chi connectivity index (χ1) is 10.2. The van der Waals surface area contributed by atoms with Gasteiger partial charge in [0.25, 0.3) is 0 Å². The van der Waals surface area contributed by atoms with Crippen molar-refractivity contribution in [3.63, 3.8) is 0 Å². The van der Waals surface area contributed by atoms with E-state index in [4.69, 9.17) is 4.98 Å². The Labute approximate surface area is 133 Å². The van der Waals surface area contributed by atoms with Gasteiger partial charge < -0.3 is 10.2 Å². The van der Waals surface area contributed by atoms with Crippen molar-refractivity contribution in [2.75, 3.05) is 26.2 Å². The molecule has 0 unspecified atom stereocenters. The summed E-state index contributed by atoms with van der Waals surface area (Å²) >= 11 is 1.96. The molecule has 3 nitrogen and oxygen atoms in total. The second-order valence-corrected chi connectivity index (χ2v) is 8.18. The number of nitrogens with zero attached hydrogens (tertiary/aromatic N) is 2. The van der Waals surface area contributed by atoms with Crippen molar-refractivity contribution in [2.24, 2.45) is 5.92 Å². The van der Waals surface area contributed by atoms with Crippen LogP contribution < -0.4 is 5.32 Å². The van der Waals surface area contributed by atoms with Crippen molar-refractivity contribution in [1.82, 2.24) is 15.2 Å². The van der Waals surface area contributed by atoms with Crippen LogP contribution >= 0.6 is 11.3 Å². The fourth-order valence-corrected chi connectivity index (χ4v) is 4.17. The lowest BCUT2D eigenvalue weighted by atomic mass is 10.2. The van der Waals surface area contributed by atoms with Crippen molar-refractivity contribution >= 4 is 11.3 Å². The predicted molar refractivity (Wildman–Crippen MR) is 90.0 cm³/mol. The van der Waals surface area contributed by atoms with Crippen molar-refractivity contribution in [3.8, 4) is 0 Å². The van der Waals surface area contributed by atoms with Gasteiger partial charge in [-0.25, -0.2) is 4.98 Å². The highest BCUT2D eigenvalue weighted by atomic mass is 32.1. The molecule has 1 saturated carbocycles. The van der Waals surface area contributed by atoms with Crippen LogP contribution in [0.15, 0.2) is 0 Å². The monoisotopic (exact) mass is 307 g/mol. The Bertz CT molecular complexity index is 445. The molecular weight excluding hydrogens is 278 g/mol. The van der Waals surface area contributed by atoms with Crippen LogP contribution in [0.4, 0.5) is 0 Å². The highest BCUT2D eigenvalue weighted by molar-refractivity contribution is 7.11. The molecule has 1 N–H and O–H groups in total. The quantitative estimate of drug-likeness (QED) is 0.798. The fraction of sp³-hybridized carbons (Fsp3) is 0.824. The maximum atomic E-state index is 4.98. The summed E-state index contributed by atoms with van der Waals surface area (Å²) in [6.45, 7) is 10.5. The summed E-state index contributed by atoms with van der Waals surface area (Å²) < 4.78 is 0. The van der Waals surface area contributed by atoms with Gasteiger partial charge in [0, 0.05) is 30.3 Å². The number of nitrogens with one attached hydrogen (secondary N) is 1. The number of hydrogen-bond donors (Lipinski definition) is 1. The lowest BCUT2D eigenvalue weighted by molar-refractivity contribution is 0.343. The maximum Gasteiger partial charge on any atom is 0.0944 e. The van der Waals surface area contributed by atoms with Gasteiger partial charge >= 0.3 is 0 Å². The molecule has 4 heteroatoms. The fourth-order valence-electron chi connectivity index (χ4n) is 3.06. The standard InChI is InChI=1S/C17H29N3S/c1-13(2)11-18-12-15-17(14-5-6-14)19-16(21-15)7-10-20-8-3-4-9-20/h13-14,18H,3-12H2,1-2H3.